The molecule has 2 rings (SSSR count). The van der Waals surface area contributed by atoms with Gasteiger partial charge in [0.1, 0.15) is 0 Å². The number of thioether (sulfide) groups is 1. The van der Waals surface area contributed by atoms with Crippen molar-refractivity contribution in [3.05, 3.63) is 59.4 Å². The fraction of sp³-hybridized carbons (Fsp3) is 0.250. The molecule has 0 aliphatic carbocycles. The minimum absolute atomic E-state index is 0.0480. The summed E-state index contributed by atoms with van der Waals surface area (Å²) in [6, 6.07) is 10.1. The fourth-order valence-corrected chi connectivity index (χ4v) is 2.59. The number of nitrogens with zero attached hydrogens (tertiary/aromatic N) is 1. The van der Waals surface area contributed by atoms with Crippen molar-refractivity contribution in [2.75, 3.05) is 5.75 Å². The van der Waals surface area contributed by atoms with E-state index in [1.165, 1.54) is 22.9 Å². The fourth-order valence-electron chi connectivity index (χ4n) is 1.87. The second-order valence-electron chi connectivity index (χ2n) is 4.68. The van der Waals surface area contributed by atoms with Crippen molar-refractivity contribution in [2.24, 2.45) is 0 Å². The molecule has 20 heavy (non-hydrogen) atoms. The molecule has 1 aromatic carbocycles. The van der Waals surface area contributed by atoms with E-state index in [0.717, 1.165) is 10.5 Å². The number of amides is 1. The van der Waals surface area contributed by atoms with Gasteiger partial charge >= 0.3 is 0 Å². The molecule has 0 bridgehead atoms. The molecule has 104 valence electrons. The second-order valence-corrected chi connectivity index (χ2v) is 5.73. The molecule has 4 heteroatoms. The van der Waals surface area contributed by atoms with Gasteiger partial charge in [0, 0.05) is 23.8 Å². The van der Waals surface area contributed by atoms with E-state index in [0.29, 0.717) is 12.3 Å². The maximum Gasteiger partial charge on any atom is 0.230 e. The number of rotatable bonds is 5. The number of carbonyl (C=O) groups excluding carboxylic acids is 1. The van der Waals surface area contributed by atoms with E-state index in [1.54, 1.807) is 12.4 Å². The molecule has 1 aromatic heterocycles. The third-order valence-corrected chi connectivity index (χ3v) is 4.01. The first-order chi connectivity index (χ1) is 9.65. The zero-order valence-corrected chi connectivity index (χ0v) is 12.5. The summed E-state index contributed by atoms with van der Waals surface area (Å²) in [7, 11) is 0. The van der Waals surface area contributed by atoms with Crippen LogP contribution in [-0.2, 0) is 11.3 Å². The highest BCUT2D eigenvalue weighted by molar-refractivity contribution is 8.00. The van der Waals surface area contributed by atoms with Gasteiger partial charge in [-0.2, -0.15) is 0 Å². The van der Waals surface area contributed by atoms with Crippen LogP contribution < -0.4 is 5.32 Å². The van der Waals surface area contributed by atoms with E-state index in [2.05, 4.69) is 42.3 Å². The van der Waals surface area contributed by atoms with Crippen LogP contribution in [0.2, 0.25) is 0 Å². The van der Waals surface area contributed by atoms with Crippen LogP contribution in [-0.4, -0.2) is 16.6 Å². The molecule has 0 spiro atoms. The maximum absolute atomic E-state index is 11.8. The van der Waals surface area contributed by atoms with Crippen molar-refractivity contribution < 1.29 is 4.79 Å². The third-order valence-electron chi connectivity index (χ3n) is 2.99. The Morgan fingerprint density at radius 3 is 2.65 bits per heavy atom. The molecule has 1 amide bonds. The minimum Gasteiger partial charge on any atom is -0.351 e. The summed E-state index contributed by atoms with van der Waals surface area (Å²) in [4.78, 5) is 16.8. The second kappa shape index (κ2) is 7.10. The third kappa shape index (κ3) is 4.38. The Kier molecular flexibility index (Phi) is 5.18. The summed E-state index contributed by atoms with van der Waals surface area (Å²) in [5.41, 5.74) is 3.62. The number of aromatic nitrogens is 1. The summed E-state index contributed by atoms with van der Waals surface area (Å²) < 4.78 is 0. The molecule has 0 aliphatic rings. The number of hydrogen-bond donors (Lipinski definition) is 1. The summed E-state index contributed by atoms with van der Waals surface area (Å²) in [6.07, 6.45) is 3.46. The Bertz CT molecular complexity index is 584. The molecule has 0 radical (unpaired) electrons. The Labute approximate surface area is 123 Å². The zero-order valence-electron chi connectivity index (χ0n) is 11.7. The summed E-state index contributed by atoms with van der Waals surface area (Å²) >= 11 is 1.52. The SMILES string of the molecule is Cc1ccc(CNC(=O)CSc2ccncc2)c(C)c1. The normalized spacial score (nSPS) is 10.3. The lowest BCUT2D eigenvalue weighted by atomic mass is 10.1. The van der Waals surface area contributed by atoms with Gasteiger partial charge in [-0.15, -0.1) is 11.8 Å². The Hall–Kier alpha value is -1.81. The van der Waals surface area contributed by atoms with Crippen LogP contribution in [0.3, 0.4) is 0 Å². The van der Waals surface area contributed by atoms with Gasteiger partial charge in [-0.25, -0.2) is 0 Å². The molecular formula is C16H18N2OS. The minimum atomic E-state index is 0.0480. The highest BCUT2D eigenvalue weighted by atomic mass is 32.2. The van der Waals surface area contributed by atoms with Gasteiger partial charge in [0.05, 0.1) is 5.75 Å². The average molecular weight is 286 g/mol. The van der Waals surface area contributed by atoms with Gasteiger partial charge < -0.3 is 5.32 Å². The molecule has 0 fully saturated rings. The summed E-state index contributed by atoms with van der Waals surface area (Å²) in [5, 5.41) is 2.95. The van der Waals surface area contributed by atoms with Crippen molar-refractivity contribution in [2.45, 2.75) is 25.3 Å². The highest BCUT2D eigenvalue weighted by Crippen LogP contribution is 2.15. The largest absolute Gasteiger partial charge is 0.351 e. The monoisotopic (exact) mass is 286 g/mol. The molecule has 0 saturated carbocycles. The molecular weight excluding hydrogens is 268 g/mol. The molecule has 0 aliphatic heterocycles. The molecule has 3 nitrogen and oxygen atoms in total. The Morgan fingerprint density at radius 2 is 1.95 bits per heavy atom. The molecule has 1 heterocycles. The average Bonchev–Trinajstić information content (AvgIpc) is 2.45. The van der Waals surface area contributed by atoms with Gasteiger partial charge in [-0.1, -0.05) is 23.8 Å². The predicted octanol–water partition coefficient (Wildman–Crippen LogP) is 3.11. The Balaban J connectivity index is 1.80. The lowest BCUT2D eigenvalue weighted by Crippen LogP contribution is -2.24. The topological polar surface area (TPSA) is 42.0 Å². The maximum atomic E-state index is 11.8. The number of aryl methyl sites for hydroxylation is 2. The van der Waals surface area contributed by atoms with Gasteiger partial charge in [0.25, 0.3) is 0 Å². The lowest BCUT2D eigenvalue weighted by molar-refractivity contribution is -0.118. The van der Waals surface area contributed by atoms with E-state index in [-0.39, 0.29) is 5.91 Å². The van der Waals surface area contributed by atoms with Gasteiger partial charge in [-0.3, -0.25) is 9.78 Å². The van der Waals surface area contributed by atoms with E-state index < -0.39 is 0 Å². The first-order valence-electron chi connectivity index (χ1n) is 6.51. The number of carbonyl (C=O) groups is 1. The summed E-state index contributed by atoms with van der Waals surface area (Å²) in [5.74, 6) is 0.473. The van der Waals surface area contributed by atoms with E-state index in [1.807, 2.05) is 12.1 Å². The molecule has 0 unspecified atom stereocenters. The van der Waals surface area contributed by atoms with Crippen LogP contribution in [0, 0.1) is 13.8 Å². The number of pyridine rings is 1. The first kappa shape index (κ1) is 14.6. The smallest absolute Gasteiger partial charge is 0.230 e. The quantitative estimate of drug-likeness (QED) is 0.859. The number of nitrogens with one attached hydrogen (secondary N) is 1. The molecule has 2 aromatic rings. The van der Waals surface area contributed by atoms with E-state index in [9.17, 15) is 4.79 Å². The number of benzene rings is 1. The van der Waals surface area contributed by atoms with Crippen LogP contribution in [0.1, 0.15) is 16.7 Å². The van der Waals surface area contributed by atoms with Crippen molar-refractivity contribution in [1.82, 2.24) is 10.3 Å². The van der Waals surface area contributed by atoms with Crippen LogP contribution in [0.25, 0.3) is 0 Å². The van der Waals surface area contributed by atoms with Crippen molar-refractivity contribution in [1.29, 1.82) is 0 Å². The lowest BCUT2D eigenvalue weighted by Gasteiger charge is -2.08. The molecule has 0 atom stereocenters. The van der Waals surface area contributed by atoms with Crippen molar-refractivity contribution >= 4 is 17.7 Å². The first-order valence-corrected chi connectivity index (χ1v) is 7.49. The zero-order chi connectivity index (χ0) is 14.4. The van der Waals surface area contributed by atoms with Crippen LogP contribution >= 0.6 is 11.8 Å². The van der Waals surface area contributed by atoms with Crippen LogP contribution in [0.15, 0.2) is 47.6 Å². The molecule has 1 N–H and O–H groups in total. The van der Waals surface area contributed by atoms with Crippen molar-refractivity contribution in [3.63, 3.8) is 0 Å². The summed E-state index contributed by atoms with van der Waals surface area (Å²) in [6.45, 7) is 4.72. The standard InChI is InChI=1S/C16H18N2OS/c1-12-3-4-14(13(2)9-12)10-18-16(19)11-20-15-5-7-17-8-6-15/h3-9H,10-11H2,1-2H3,(H,18,19). The van der Waals surface area contributed by atoms with Crippen LogP contribution in [0.5, 0.6) is 0 Å². The van der Waals surface area contributed by atoms with E-state index in [4.69, 9.17) is 0 Å². The van der Waals surface area contributed by atoms with Gasteiger partial charge in [0.15, 0.2) is 0 Å². The van der Waals surface area contributed by atoms with Gasteiger partial charge in [0.2, 0.25) is 5.91 Å². The Morgan fingerprint density at radius 1 is 1.20 bits per heavy atom. The van der Waals surface area contributed by atoms with Crippen molar-refractivity contribution in [3.8, 4) is 0 Å². The number of hydrogen-bond acceptors (Lipinski definition) is 3. The highest BCUT2D eigenvalue weighted by Gasteiger charge is 2.04. The van der Waals surface area contributed by atoms with Gasteiger partial charge in [-0.05, 0) is 37.1 Å². The predicted molar refractivity (Wildman–Crippen MR) is 82.7 cm³/mol. The molecule has 0 saturated heterocycles. The van der Waals surface area contributed by atoms with Crippen LogP contribution in [0.4, 0.5) is 0 Å². The van der Waals surface area contributed by atoms with E-state index >= 15 is 0 Å².